The monoisotopic (exact) mass is 308 g/mol. The van der Waals surface area contributed by atoms with Gasteiger partial charge >= 0.3 is 0 Å². The second-order valence-electron chi connectivity index (χ2n) is 5.78. The largest absolute Gasteiger partial charge is 0.396 e. The fraction of sp³-hybridized carbons (Fsp3) is 0.533. The SMILES string of the molecule is Cc1ccc(C#N)cc1S(=O)(=O)NCC1(CO)CCCC1. The van der Waals surface area contributed by atoms with E-state index in [2.05, 4.69) is 4.72 Å². The van der Waals surface area contributed by atoms with Crippen molar-refractivity contribution in [3.05, 3.63) is 29.3 Å². The molecule has 0 heterocycles. The van der Waals surface area contributed by atoms with E-state index in [0.717, 1.165) is 25.7 Å². The van der Waals surface area contributed by atoms with E-state index in [1.165, 1.54) is 6.07 Å². The number of hydrogen-bond acceptors (Lipinski definition) is 4. The molecule has 1 fully saturated rings. The molecule has 1 aromatic rings. The molecular weight excluding hydrogens is 288 g/mol. The summed E-state index contributed by atoms with van der Waals surface area (Å²) >= 11 is 0. The van der Waals surface area contributed by atoms with Crippen LogP contribution in [0.15, 0.2) is 23.1 Å². The van der Waals surface area contributed by atoms with Gasteiger partial charge in [0.05, 0.1) is 16.5 Å². The molecule has 0 spiro atoms. The Kier molecular flexibility index (Phi) is 4.67. The minimum absolute atomic E-state index is 0.00720. The summed E-state index contributed by atoms with van der Waals surface area (Å²) < 4.78 is 27.5. The lowest BCUT2D eigenvalue weighted by Gasteiger charge is -2.26. The van der Waals surface area contributed by atoms with Gasteiger partial charge in [-0.1, -0.05) is 18.9 Å². The Morgan fingerprint density at radius 2 is 2.05 bits per heavy atom. The zero-order valence-corrected chi connectivity index (χ0v) is 12.9. The number of hydrogen-bond donors (Lipinski definition) is 2. The zero-order chi connectivity index (χ0) is 15.5. The number of aliphatic hydroxyl groups excluding tert-OH is 1. The van der Waals surface area contributed by atoms with Crippen molar-refractivity contribution < 1.29 is 13.5 Å². The summed E-state index contributed by atoms with van der Waals surface area (Å²) in [5.41, 5.74) is 0.582. The molecule has 2 N–H and O–H groups in total. The van der Waals surface area contributed by atoms with Gasteiger partial charge in [0.25, 0.3) is 0 Å². The van der Waals surface area contributed by atoms with Crippen LogP contribution in [0.25, 0.3) is 0 Å². The molecule has 1 aromatic carbocycles. The van der Waals surface area contributed by atoms with Gasteiger partial charge in [0.1, 0.15) is 0 Å². The molecule has 6 heteroatoms. The smallest absolute Gasteiger partial charge is 0.240 e. The molecule has 1 aliphatic rings. The number of nitrogens with one attached hydrogen (secondary N) is 1. The number of nitrogens with zero attached hydrogens (tertiary/aromatic N) is 1. The van der Waals surface area contributed by atoms with Crippen LogP contribution < -0.4 is 4.72 Å². The highest BCUT2D eigenvalue weighted by Crippen LogP contribution is 2.37. The van der Waals surface area contributed by atoms with E-state index < -0.39 is 10.0 Å². The fourth-order valence-electron chi connectivity index (χ4n) is 2.80. The second kappa shape index (κ2) is 6.14. The van der Waals surface area contributed by atoms with Gasteiger partial charge in [-0.3, -0.25) is 0 Å². The Morgan fingerprint density at radius 1 is 1.38 bits per heavy atom. The normalized spacial score (nSPS) is 17.6. The number of sulfonamides is 1. The maximum Gasteiger partial charge on any atom is 0.240 e. The van der Waals surface area contributed by atoms with Crippen LogP contribution >= 0.6 is 0 Å². The van der Waals surface area contributed by atoms with Crippen molar-refractivity contribution in [1.82, 2.24) is 4.72 Å². The Labute approximate surface area is 125 Å². The molecule has 0 atom stereocenters. The maximum atomic E-state index is 12.4. The van der Waals surface area contributed by atoms with Crippen LogP contribution in [-0.4, -0.2) is 26.7 Å². The summed E-state index contributed by atoms with van der Waals surface area (Å²) in [6.45, 7) is 1.93. The van der Waals surface area contributed by atoms with Gasteiger partial charge in [-0.05, 0) is 37.5 Å². The first-order valence-electron chi connectivity index (χ1n) is 7.04. The third-order valence-corrected chi connectivity index (χ3v) is 5.79. The molecule has 0 aromatic heterocycles. The van der Waals surface area contributed by atoms with Crippen LogP contribution in [0.2, 0.25) is 0 Å². The second-order valence-corrected chi connectivity index (χ2v) is 7.52. The van der Waals surface area contributed by atoms with Gasteiger partial charge in [0.15, 0.2) is 0 Å². The van der Waals surface area contributed by atoms with Crippen LogP contribution in [-0.2, 0) is 10.0 Å². The van der Waals surface area contributed by atoms with E-state index in [0.29, 0.717) is 11.1 Å². The zero-order valence-electron chi connectivity index (χ0n) is 12.1. The van der Waals surface area contributed by atoms with Crippen LogP contribution in [0.3, 0.4) is 0 Å². The average molecular weight is 308 g/mol. The molecule has 1 saturated carbocycles. The highest BCUT2D eigenvalue weighted by molar-refractivity contribution is 7.89. The molecular formula is C15H20N2O3S. The van der Waals surface area contributed by atoms with Crippen molar-refractivity contribution in [2.75, 3.05) is 13.2 Å². The summed E-state index contributed by atoms with van der Waals surface area (Å²) in [5, 5.41) is 18.4. The van der Waals surface area contributed by atoms with E-state index >= 15 is 0 Å². The van der Waals surface area contributed by atoms with Crippen molar-refractivity contribution >= 4 is 10.0 Å². The number of rotatable bonds is 5. The predicted octanol–water partition coefficient (Wildman–Crippen LogP) is 1.70. The van der Waals surface area contributed by atoms with Crippen LogP contribution in [0.5, 0.6) is 0 Å². The minimum atomic E-state index is -3.67. The summed E-state index contributed by atoms with van der Waals surface area (Å²) in [7, 11) is -3.67. The Hall–Kier alpha value is -1.42. The average Bonchev–Trinajstić information content (AvgIpc) is 2.95. The topological polar surface area (TPSA) is 90.2 Å². The predicted molar refractivity (Wildman–Crippen MR) is 79.1 cm³/mol. The first-order valence-corrected chi connectivity index (χ1v) is 8.52. The molecule has 2 rings (SSSR count). The number of aryl methyl sites for hydroxylation is 1. The molecule has 0 aliphatic heterocycles. The van der Waals surface area contributed by atoms with Gasteiger partial charge < -0.3 is 5.11 Å². The van der Waals surface area contributed by atoms with Gasteiger partial charge in [-0.15, -0.1) is 0 Å². The van der Waals surface area contributed by atoms with E-state index in [1.807, 2.05) is 6.07 Å². The summed E-state index contributed by atoms with van der Waals surface area (Å²) in [5.74, 6) is 0. The van der Waals surface area contributed by atoms with Crippen LogP contribution in [0.4, 0.5) is 0 Å². The molecule has 0 bridgehead atoms. The van der Waals surface area contributed by atoms with Crippen LogP contribution in [0.1, 0.15) is 36.8 Å². The van der Waals surface area contributed by atoms with Gasteiger partial charge in [-0.2, -0.15) is 5.26 Å². The number of nitriles is 1. The molecule has 0 saturated heterocycles. The first kappa shape index (κ1) is 16.0. The van der Waals surface area contributed by atoms with Crippen molar-refractivity contribution in [1.29, 1.82) is 5.26 Å². The molecule has 114 valence electrons. The van der Waals surface area contributed by atoms with Crippen molar-refractivity contribution in [2.24, 2.45) is 5.41 Å². The standard InChI is InChI=1S/C15H20N2O3S/c1-12-4-5-13(9-16)8-14(12)21(19,20)17-10-15(11-18)6-2-3-7-15/h4-5,8,17-18H,2-3,6-7,10-11H2,1H3. The molecule has 1 aliphatic carbocycles. The Morgan fingerprint density at radius 3 is 2.62 bits per heavy atom. The lowest BCUT2D eigenvalue weighted by Crippen LogP contribution is -2.38. The van der Waals surface area contributed by atoms with Crippen LogP contribution in [0, 0.1) is 23.7 Å². The van der Waals surface area contributed by atoms with Crippen molar-refractivity contribution in [3.8, 4) is 6.07 Å². The highest BCUT2D eigenvalue weighted by Gasteiger charge is 2.34. The van der Waals surface area contributed by atoms with Gasteiger partial charge in [0.2, 0.25) is 10.0 Å². The molecule has 0 radical (unpaired) electrons. The third-order valence-electron chi connectivity index (χ3n) is 4.24. The van der Waals surface area contributed by atoms with Crippen molar-refractivity contribution in [2.45, 2.75) is 37.5 Å². The van der Waals surface area contributed by atoms with E-state index in [1.54, 1.807) is 19.1 Å². The summed E-state index contributed by atoms with van der Waals surface area (Å²) in [6, 6.07) is 6.56. The first-order chi connectivity index (χ1) is 9.92. The summed E-state index contributed by atoms with van der Waals surface area (Å²) in [4.78, 5) is 0.132. The van der Waals surface area contributed by atoms with Gasteiger partial charge in [-0.25, -0.2) is 13.1 Å². The minimum Gasteiger partial charge on any atom is -0.396 e. The molecule has 0 unspecified atom stereocenters. The lowest BCUT2D eigenvalue weighted by atomic mass is 9.88. The fourth-order valence-corrected chi connectivity index (χ4v) is 4.23. The van der Waals surface area contributed by atoms with Gasteiger partial charge in [0, 0.05) is 18.6 Å². The number of benzene rings is 1. The quantitative estimate of drug-likeness (QED) is 0.866. The Balaban J connectivity index is 2.21. The third kappa shape index (κ3) is 3.43. The molecule has 0 amide bonds. The van der Waals surface area contributed by atoms with E-state index in [4.69, 9.17) is 5.26 Å². The maximum absolute atomic E-state index is 12.4. The molecule has 21 heavy (non-hydrogen) atoms. The van der Waals surface area contributed by atoms with Crippen molar-refractivity contribution in [3.63, 3.8) is 0 Å². The highest BCUT2D eigenvalue weighted by atomic mass is 32.2. The Bertz CT molecular complexity index is 656. The summed E-state index contributed by atoms with van der Waals surface area (Å²) in [6.07, 6.45) is 3.71. The van der Waals surface area contributed by atoms with E-state index in [9.17, 15) is 13.5 Å². The lowest BCUT2D eigenvalue weighted by molar-refractivity contribution is 0.134. The number of aliphatic hydroxyl groups is 1. The molecule has 5 nitrogen and oxygen atoms in total. The van der Waals surface area contributed by atoms with E-state index in [-0.39, 0.29) is 23.5 Å².